The van der Waals surface area contributed by atoms with Gasteiger partial charge in [0.05, 0.1) is 17.2 Å². The minimum atomic E-state index is -0.0786. The molecule has 0 radical (unpaired) electrons. The molecule has 2 aromatic heterocycles. The molecule has 30 heavy (non-hydrogen) atoms. The summed E-state index contributed by atoms with van der Waals surface area (Å²) in [6.07, 6.45) is 7.53. The van der Waals surface area contributed by atoms with Crippen molar-refractivity contribution in [3.8, 4) is 0 Å². The van der Waals surface area contributed by atoms with Gasteiger partial charge in [-0.05, 0) is 55.0 Å². The van der Waals surface area contributed by atoms with Crippen molar-refractivity contribution in [2.24, 2.45) is 0 Å². The normalized spacial score (nSPS) is 17.7. The third kappa shape index (κ3) is 4.89. The number of aliphatic hydroxyl groups excluding tert-OH is 1. The van der Waals surface area contributed by atoms with E-state index in [0.717, 1.165) is 46.8 Å². The minimum absolute atomic E-state index is 0.0492. The molecule has 4 rings (SSSR count). The van der Waals surface area contributed by atoms with E-state index in [1.165, 1.54) is 24.6 Å². The summed E-state index contributed by atoms with van der Waals surface area (Å²) in [6, 6.07) is 14.8. The maximum Gasteiger partial charge on any atom is 0.261 e. The Morgan fingerprint density at radius 2 is 2.03 bits per heavy atom. The van der Waals surface area contributed by atoms with E-state index in [0.29, 0.717) is 6.04 Å². The van der Waals surface area contributed by atoms with Crippen molar-refractivity contribution in [1.82, 2.24) is 15.2 Å². The summed E-state index contributed by atoms with van der Waals surface area (Å²) < 4.78 is 1.14. The fourth-order valence-electron chi connectivity index (χ4n) is 4.35. The summed E-state index contributed by atoms with van der Waals surface area (Å²) >= 11 is 1.56. The van der Waals surface area contributed by atoms with Crippen LogP contribution in [0, 0.1) is 0 Å². The second-order valence-corrected chi connectivity index (χ2v) is 8.94. The van der Waals surface area contributed by atoms with Crippen LogP contribution in [0.1, 0.15) is 46.6 Å². The second kappa shape index (κ2) is 10.2. The van der Waals surface area contributed by atoms with E-state index in [-0.39, 0.29) is 19.1 Å². The van der Waals surface area contributed by atoms with Gasteiger partial charge in [0.2, 0.25) is 0 Å². The number of thiophene rings is 1. The average Bonchev–Trinajstić information content (AvgIpc) is 3.00. The van der Waals surface area contributed by atoms with Crippen LogP contribution in [-0.4, -0.2) is 46.6 Å². The van der Waals surface area contributed by atoms with E-state index in [1.807, 2.05) is 30.5 Å². The van der Waals surface area contributed by atoms with Crippen LogP contribution in [-0.2, 0) is 13.0 Å². The van der Waals surface area contributed by atoms with Crippen LogP contribution in [0.25, 0.3) is 10.1 Å². The van der Waals surface area contributed by atoms with Crippen LogP contribution in [0.2, 0.25) is 0 Å². The van der Waals surface area contributed by atoms with Gasteiger partial charge in [0.25, 0.3) is 5.91 Å². The molecule has 3 aromatic rings. The fourth-order valence-corrected chi connectivity index (χ4v) is 5.50. The first kappa shape index (κ1) is 21.0. The van der Waals surface area contributed by atoms with Crippen LogP contribution < -0.4 is 5.32 Å². The number of rotatable bonds is 7. The number of likely N-dealkylation sites (tertiary alicyclic amines) is 1. The molecule has 2 N–H and O–H groups in total. The minimum Gasteiger partial charge on any atom is -0.395 e. The van der Waals surface area contributed by atoms with E-state index >= 15 is 0 Å². The van der Waals surface area contributed by atoms with Gasteiger partial charge in [-0.3, -0.25) is 14.7 Å². The first-order valence-corrected chi connectivity index (χ1v) is 11.6. The Hall–Kier alpha value is -2.28. The summed E-state index contributed by atoms with van der Waals surface area (Å²) in [7, 11) is 0. The van der Waals surface area contributed by atoms with Gasteiger partial charge in [0.1, 0.15) is 0 Å². The molecule has 0 saturated carbocycles. The van der Waals surface area contributed by atoms with E-state index < -0.39 is 0 Å². The van der Waals surface area contributed by atoms with Crippen LogP contribution in [0.5, 0.6) is 0 Å². The lowest BCUT2D eigenvalue weighted by Crippen LogP contribution is -2.36. The number of nitrogens with zero attached hydrogens (tertiary/aromatic N) is 2. The monoisotopic (exact) mass is 423 g/mol. The molecule has 1 aliphatic heterocycles. The summed E-state index contributed by atoms with van der Waals surface area (Å²) in [6.45, 7) is 2.14. The Bertz CT molecular complexity index is 973. The van der Waals surface area contributed by atoms with E-state index in [4.69, 9.17) is 5.11 Å². The molecule has 1 unspecified atom stereocenters. The van der Waals surface area contributed by atoms with Gasteiger partial charge in [-0.2, -0.15) is 0 Å². The lowest BCUT2D eigenvalue weighted by molar-refractivity contribution is 0.0947. The number of fused-ring (bicyclic) bond motifs is 1. The van der Waals surface area contributed by atoms with Crippen LogP contribution in [0.3, 0.4) is 0 Å². The summed E-state index contributed by atoms with van der Waals surface area (Å²) in [5, 5.41) is 13.1. The van der Waals surface area contributed by atoms with Crippen LogP contribution in [0.4, 0.5) is 0 Å². The van der Waals surface area contributed by atoms with E-state index in [9.17, 15) is 4.79 Å². The molecule has 5 nitrogen and oxygen atoms in total. The molecule has 158 valence electrons. The Morgan fingerprint density at radius 3 is 2.87 bits per heavy atom. The third-order valence-corrected chi connectivity index (χ3v) is 7.04. The van der Waals surface area contributed by atoms with Crippen molar-refractivity contribution in [2.75, 3.05) is 19.7 Å². The summed E-state index contributed by atoms with van der Waals surface area (Å²) in [5.74, 6) is -0.0786. The van der Waals surface area contributed by atoms with Crippen molar-refractivity contribution in [1.29, 1.82) is 0 Å². The molecule has 1 saturated heterocycles. The SMILES string of the molecule is O=C(NCCO)c1sc2ccccc2c1CC1CCCCCN1Cc1ccccn1. The highest BCUT2D eigenvalue weighted by Gasteiger charge is 2.26. The lowest BCUT2D eigenvalue weighted by Gasteiger charge is -2.30. The Labute approximate surface area is 181 Å². The number of carbonyl (C=O) groups is 1. The highest BCUT2D eigenvalue weighted by Crippen LogP contribution is 2.34. The Morgan fingerprint density at radius 1 is 1.17 bits per heavy atom. The Balaban J connectivity index is 1.64. The second-order valence-electron chi connectivity index (χ2n) is 7.88. The summed E-state index contributed by atoms with van der Waals surface area (Å²) in [4.78, 5) is 20.7. The molecule has 6 heteroatoms. The molecular weight excluding hydrogens is 394 g/mol. The number of hydrogen-bond donors (Lipinski definition) is 2. The Kier molecular flexibility index (Phi) is 7.10. The molecule has 1 atom stereocenters. The first-order valence-electron chi connectivity index (χ1n) is 10.8. The molecule has 1 aliphatic rings. The molecule has 1 aromatic carbocycles. The van der Waals surface area contributed by atoms with Crippen molar-refractivity contribution >= 4 is 27.3 Å². The maximum atomic E-state index is 12.8. The quantitative estimate of drug-likeness (QED) is 0.603. The number of aromatic nitrogens is 1. The molecule has 0 bridgehead atoms. The van der Waals surface area contributed by atoms with Gasteiger partial charge < -0.3 is 10.4 Å². The van der Waals surface area contributed by atoms with Crippen molar-refractivity contribution < 1.29 is 9.90 Å². The van der Waals surface area contributed by atoms with Crippen LogP contribution in [0.15, 0.2) is 48.7 Å². The molecule has 1 fully saturated rings. The van der Waals surface area contributed by atoms with E-state index in [2.05, 4.69) is 33.4 Å². The van der Waals surface area contributed by atoms with Gasteiger partial charge in [-0.1, -0.05) is 37.1 Å². The number of hydrogen-bond acceptors (Lipinski definition) is 5. The van der Waals surface area contributed by atoms with Gasteiger partial charge in [0, 0.05) is 30.0 Å². The summed E-state index contributed by atoms with van der Waals surface area (Å²) in [5.41, 5.74) is 2.24. The number of amides is 1. The van der Waals surface area contributed by atoms with Gasteiger partial charge in [-0.25, -0.2) is 0 Å². The zero-order valence-corrected chi connectivity index (χ0v) is 18.0. The van der Waals surface area contributed by atoms with Crippen molar-refractivity contribution in [2.45, 2.75) is 44.7 Å². The predicted octanol–water partition coefficient (Wildman–Crippen LogP) is 4.01. The maximum absolute atomic E-state index is 12.8. The number of aliphatic hydroxyl groups is 1. The topological polar surface area (TPSA) is 65.5 Å². The lowest BCUT2D eigenvalue weighted by atomic mass is 9.97. The van der Waals surface area contributed by atoms with Crippen LogP contribution >= 0.6 is 11.3 Å². The van der Waals surface area contributed by atoms with E-state index in [1.54, 1.807) is 11.3 Å². The van der Waals surface area contributed by atoms with Gasteiger partial charge in [-0.15, -0.1) is 11.3 Å². The third-order valence-electron chi connectivity index (χ3n) is 5.83. The zero-order valence-electron chi connectivity index (χ0n) is 17.2. The first-order chi connectivity index (χ1) is 14.8. The molecule has 3 heterocycles. The number of carbonyl (C=O) groups excluding carboxylic acids is 1. The van der Waals surface area contributed by atoms with Crippen molar-refractivity contribution in [3.63, 3.8) is 0 Å². The molecule has 0 spiro atoms. The van der Waals surface area contributed by atoms with Gasteiger partial charge >= 0.3 is 0 Å². The smallest absolute Gasteiger partial charge is 0.261 e. The molecular formula is C24H29N3O2S. The highest BCUT2D eigenvalue weighted by atomic mass is 32.1. The predicted molar refractivity (Wildman–Crippen MR) is 122 cm³/mol. The van der Waals surface area contributed by atoms with Crippen molar-refractivity contribution in [3.05, 3.63) is 64.8 Å². The molecule has 0 aliphatic carbocycles. The van der Waals surface area contributed by atoms with Gasteiger partial charge in [0.15, 0.2) is 0 Å². The number of nitrogens with one attached hydrogen (secondary N) is 1. The zero-order chi connectivity index (χ0) is 20.8. The average molecular weight is 424 g/mol. The number of benzene rings is 1. The standard InChI is InChI=1S/C24H29N3O2S/c28-15-13-26-24(29)23-21(20-10-3-4-11-22(20)30-23)16-19-9-2-1-7-14-27(19)17-18-8-5-6-12-25-18/h3-6,8,10-12,19,28H,1-2,7,9,13-17H2,(H,26,29). The number of pyridine rings is 1. The molecule has 1 amide bonds. The highest BCUT2D eigenvalue weighted by molar-refractivity contribution is 7.21. The fraction of sp³-hybridized carbons (Fsp3) is 0.417. The largest absolute Gasteiger partial charge is 0.395 e.